The molecule has 28 heavy (non-hydrogen) atoms. The van der Waals surface area contributed by atoms with Gasteiger partial charge in [-0.1, -0.05) is 12.8 Å². The predicted octanol–water partition coefficient (Wildman–Crippen LogP) is 3.33. The first-order valence-electron chi connectivity index (χ1n) is 10.1. The number of rotatable bonds is 11. The smallest absolute Gasteiger partial charge is 0.306 e. The third-order valence-corrected chi connectivity index (χ3v) is 3.96. The van der Waals surface area contributed by atoms with Crippen LogP contribution in [-0.2, 0) is 15.1 Å². The highest BCUT2D eigenvalue weighted by Gasteiger charge is 2.26. The number of furan rings is 1. The molecule has 0 aliphatic rings. The lowest BCUT2D eigenvalue weighted by atomic mass is 10.0. The Morgan fingerprint density at radius 3 is 2.50 bits per heavy atom. The summed E-state index contributed by atoms with van der Waals surface area (Å²) in [5, 5.41) is 16.9. The van der Waals surface area contributed by atoms with Crippen LogP contribution in [0.25, 0.3) is 0 Å². The van der Waals surface area contributed by atoms with Crippen molar-refractivity contribution in [2.75, 3.05) is 19.6 Å². The van der Waals surface area contributed by atoms with Crippen molar-refractivity contribution in [3.8, 4) is 0 Å². The SMILES string of the molecule is CCNC(=NCC(C)(O)c1ccco1)NCCCCCCC(=O)OC(C)(C)C. The number of ether oxygens (including phenoxy) is 1. The summed E-state index contributed by atoms with van der Waals surface area (Å²) in [5.41, 5.74) is -1.56. The van der Waals surface area contributed by atoms with E-state index in [2.05, 4.69) is 15.6 Å². The number of carbonyl (C=O) groups excluding carboxylic acids is 1. The molecule has 0 saturated carbocycles. The Kier molecular flexibility index (Phi) is 10.1. The molecule has 0 aromatic carbocycles. The molecule has 0 aliphatic heterocycles. The van der Waals surface area contributed by atoms with Crippen LogP contribution in [0.3, 0.4) is 0 Å². The molecule has 1 atom stereocenters. The Morgan fingerprint density at radius 2 is 1.89 bits per heavy atom. The van der Waals surface area contributed by atoms with E-state index in [1.54, 1.807) is 25.3 Å². The van der Waals surface area contributed by atoms with Gasteiger partial charge in [-0.2, -0.15) is 0 Å². The average Bonchev–Trinajstić information content (AvgIpc) is 3.12. The molecule has 0 amide bonds. The van der Waals surface area contributed by atoms with Crippen LogP contribution >= 0.6 is 0 Å². The summed E-state index contributed by atoms with van der Waals surface area (Å²) < 4.78 is 10.6. The number of esters is 1. The van der Waals surface area contributed by atoms with Crippen molar-refractivity contribution in [3.05, 3.63) is 24.2 Å². The number of unbranched alkanes of at least 4 members (excludes halogenated alkanes) is 3. The zero-order valence-corrected chi connectivity index (χ0v) is 18.0. The van der Waals surface area contributed by atoms with Crippen LogP contribution in [0.1, 0.15) is 72.5 Å². The Labute approximate surface area is 168 Å². The number of aliphatic hydroxyl groups is 1. The van der Waals surface area contributed by atoms with Crippen LogP contribution in [0, 0.1) is 0 Å². The number of carbonyl (C=O) groups is 1. The second kappa shape index (κ2) is 11.7. The minimum Gasteiger partial charge on any atom is -0.466 e. The molecule has 1 aromatic heterocycles. The molecule has 0 fully saturated rings. The van der Waals surface area contributed by atoms with Crippen molar-refractivity contribution < 1.29 is 19.1 Å². The van der Waals surface area contributed by atoms with E-state index in [4.69, 9.17) is 9.15 Å². The first-order chi connectivity index (χ1) is 13.1. The van der Waals surface area contributed by atoms with E-state index in [1.165, 1.54) is 0 Å². The monoisotopic (exact) mass is 395 g/mol. The van der Waals surface area contributed by atoms with Gasteiger partial charge in [-0.05, 0) is 59.6 Å². The maximum absolute atomic E-state index is 11.7. The summed E-state index contributed by atoms with van der Waals surface area (Å²) in [7, 11) is 0. The summed E-state index contributed by atoms with van der Waals surface area (Å²) in [5.74, 6) is 1.04. The molecule has 1 rings (SSSR count). The van der Waals surface area contributed by atoms with Crippen LogP contribution in [0.5, 0.6) is 0 Å². The van der Waals surface area contributed by atoms with E-state index in [0.29, 0.717) is 18.1 Å². The third kappa shape index (κ3) is 10.3. The second-order valence-corrected chi connectivity index (χ2v) is 8.12. The van der Waals surface area contributed by atoms with Crippen molar-refractivity contribution in [1.29, 1.82) is 0 Å². The third-order valence-electron chi connectivity index (χ3n) is 3.96. The lowest BCUT2D eigenvalue weighted by Gasteiger charge is -2.19. The molecule has 1 aromatic rings. The molecule has 1 unspecified atom stereocenters. The summed E-state index contributed by atoms with van der Waals surface area (Å²) >= 11 is 0. The second-order valence-electron chi connectivity index (χ2n) is 8.12. The highest BCUT2D eigenvalue weighted by atomic mass is 16.6. The highest BCUT2D eigenvalue weighted by Crippen LogP contribution is 2.21. The largest absolute Gasteiger partial charge is 0.466 e. The minimum absolute atomic E-state index is 0.129. The predicted molar refractivity (Wildman–Crippen MR) is 111 cm³/mol. The van der Waals surface area contributed by atoms with Gasteiger partial charge in [-0.3, -0.25) is 4.79 Å². The number of nitrogens with zero attached hydrogens (tertiary/aromatic N) is 1. The lowest BCUT2D eigenvalue weighted by molar-refractivity contribution is -0.154. The summed E-state index contributed by atoms with van der Waals surface area (Å²) in [6.45, 7) is 11.1. The Morgan fingerprint density at radius 1 is 1.18 bits per heavy atom. The van der Waals surface area contributed by atoms with Gasteiger partial charge >= 0.3 is 5.97 Å². The van der Waals surface area contributed by atoms with Gasteiger partial charge in [0, 0.05) is 19.5 Å². The fourth-order valence-electron chi connectivity index (χ4n) is 2.58. The fraction of sp³-hybridized carbons (Fsp3) is 0.714. The van der Waals surface area contributed by atoms with Crippen molar-refractivity contribution in [3.63, 3.8) is 0 Å². The first-order valence-corrected chi connectivity index (χ1v) is 10.1. The molecule has 7 heteroatoms. The summed E-state index contributed by atoms with van der Waals surface area (Å²) in [6.07, 6.45) is 5.85. The summed E-state index contributed by atoms with van der Waals surface area (Å²) in [6, 6.07) is 3.49. The highest BCUT2D eigenvalue weighted by molar-refractivity contribution is 5.79. The van der Waals surface area contributed by atoms with Gasteiger partial charge in [0.05, 0.1) is 12.8 Å². The molecule has 7 nitrogen and oxygen atoms in total. The van der Waals surface area contributed by atoms with Gasteiger partial charge in [0.15, 0.2) is 5.96 Å². The van der Waals surface area contributed by atoms with E-state index in [1.807, 2.05) is 27.7 Å². The zero-order valence-electron chi connectivity index (χ0n) is 18.0. The van der Waals surface area contributed by atoms with Crippen LogP contribution in [0.4, 0.5) is 0 Å². The van der Waals surface area contributed by atoms with Gasteiger partial charge < -0.3 is 24.9 Å². The normalized spacial score (nSPS) is 14.4. The number of hydrogen-bond acceptors (Lipinski definition) is 5. The number of nitrogens with one attached hydrogen (secondary N) is 2. The molecule has 0 saturated heterocycles. The van der Waals surface area contributed by atoms with E-state index in [0.717, 1.165) is 38.8 Å². The number of hydrogen-bond donors (Lipinski definition) is 3. The fourth-order valence-corrected chi connectivity index (χ4v) is 2.58. The van der Waals surface area contributed by atoms with E-state index >= 15 is 0 Å². The standard InChI is InChI=1S/C21H37N3O4/c1-6-22-19(24-16-21(5,26)17-12-11-15-27-17)23-14-10-8-7-9-13-18(25)28-20(2,3)4/h11-12,15,26H,6-10,13-14,16H2,1-5H3,(H2,22,23,24). The van der Waals surface area contributed by atoms with Gasteiger partial charge in [-0.15, -0.1) is 0 Å². The van der Waals surface area contributed by atoms with Crippen LogP contribution in [0.2, 0.25) is 0 Å². The Balaban J connectivity index is 2.26. The Bertz CT molecular complexity index is 589. The minimum atomic E-state index is -1.15. The maximum Gasteiger partial charge on any atom is 0.306 e. The first kappa shape index (κ1) is 24.0. The molecule has 0 spiro atoms. The Hall–Kier alpha value is -2.02. The van der Waals surface area contributed by atoms with Crippen LogP contribution in [0.15, 0.2) is 27.8 Å². The van der Waals surface area contributed by atoms with Crippen LogP contribution in [-0.4, -0.2) is 42.3 Å². The van der Waals surface area contributed by atoms with Gasteiger partial charge in [0.25, 0.3) is 0 Å². The quantitative estimate of drug-likeness (QED) is 0.230. The molecule has 3 N–H and O–H groups in total. The van der Waals surface area contributed by atoms with Crippen molar-refractivity contribution in [2.45, 2.75) is 77.9 Å². The number of aliphatic imine (C=N–C) groups is 1. The molecule has 160 valence electrons. The van der Waals surface area contributed by atoms with Gasteiger partial charge in [0.2, 0.25) is 0 Å². The molecule has 0 bridgehead atoms. The van der Waals surface area contributed by atoms with Crippen molar-refractivity contribution >= 4 is 11.9 Å². The van der Waals surface area contributed by atoms with Gasteiger partial charge in [-0.25, -0.2) is 4.99 Å². The maximum atomic E-state index is 11.7. The number of guanidine groups is 1. The topological polar surface area (TPSA) is 96.1 Å². The van der Waals surface area contributed by atoms with Crippen LogP contribution < -0.4 is 10.6 Å². The molecular weight excluding hydrogens is 358 g/mol. The molecular formula is C21H37N3O4. The van der Waals surface area contributed by atoms with Crippen molar-refractivity contribution in [1.82, 2.24) is 10.6 Å². The van der Waals surface area contributed by atoms with Crippen molar-refractivity contribution in [2.24, 2.45) is 4.99 Å². The van der Waals surface area contributed by atoms with E-state index in [-0.39, 0.29) is 12.5 Å². The molecule has 1 heterocycles. The van der Waals surface area contributed by atoms with E-state index < -0.39 is 11.2 Å². The zero-order chi connectivity index (χ0) is 21.0. The lowest BCUT2D eigenvalue weighted by Crippen LogP contribution is -2.39. The average molecular weight is 396 g/mol. The van der Waals surface area contributed by atoms with E-state index in [9.17, 15) is 9.90 Å². The van der Waals surface area contributed by atoms with Gasteiger partial charge in [0.1, 0.15) is 17.0 Å². The molecule has 0 aliphatic carbocycles. The molecule has 0 radical (unpaired) electrons. The summed E-state index contributed by atoms with van der Waals surface area (Å²) in [4.78, 5) is 16.1.